The van der Waals surface area contributed by atoms with E-state index in [2.05, 4.69) is 5.10 Å². The normalized spacial score (nSPS) is 14.9. The smallest absolute Gasteiger partial charge is 0.262 e. The van der Waals surface area contributed by atoms with Crippen LogP contribution >= 0.6 is 0 Å². The van der Waals surface area contributed by atoms with Gasteiger partial charge in [0.1, 0.15) is 29.7 Å². The highest BCUT2D eigenvalue weighted by Crippen LogP contribution is 2.37. The summed E-state index contributed by atoms with van der Waals surface area (Å²) in [5.41, 5.74) is 1.29. The van der Waals surface area contributed by atoms with Gasteiger partial charge in [-0.15, -0.1) is 0 Å². The summed E-state index contributed by atoms with van der Waals surface area (Å²) >= 11 is 0. The van der Waals surface area contributed by atoms with E-state index in [1.165, 1.54) is 50.5 Å². The van der Waals surface area contributed by atoms with Crippen LogP contribution < -0.4 is 9.47 Å². The van der Waals surface area contributed by atoms with Crippen molar-refractivity contribution in [2.75, 3.05) is 27.8 Å². The average molecular weight is 494 g/mol. The number of halogens is 2. The number of nitrogens with zero attached hydrogens (tertiary/aromatic N) is 3. The Morgan fingerprint density at radius 2 is 1.69 bits per heavy atom. The fourth-order valence-corrected chi connectivity index (χ4v) is 4.11. The molecule has 7 nitrogen and oxygen atoms in total. The van der Waals surface area contributed by atoms with Gasteiger partial charge in [0.15, 0.2) is 0 Å². The maximum Gasteiger partial charge on any atom is 0.262 e. The number of methoxy groups -OCH3 is 2. The van der Waals surface area contributed by atoms with Gasteiger partial charge in [0.25, 0.3) is 11.8 Å². The Morgan fingerprint density at radius 3 is 2.36 bits per heavy atom. The minimum Gasteiger partial charge on any atom is -0.497 e. The lowest BCUT2D eigenvalue weighted by Crippen LogP contribution is -2.39. The van der Waals surface area contributed by atoms with Crippen molar-refractivity contribution < 1.29 is 27.8 Å². The number of hydrogen-bond acceptors (Lipinski definition) is 5. The van der Waals surface area contributed by atoms with Gasteiger partial charge in [0.2, 0.25) is 0 Å². The molecule has 3 aromatic carbocycles. The first-order valence-electron chi connectivity index (χ1n) is 11.2. The van der Waals surface area contributed by atoms with Crippen LogP contribution in [0.1, 0.15) is 33.9 Å². The zero-order chi connectivity index (χ0) is 25.8. The number of carbonyl (C=O) groups is 2. The third kappa shape index (κ3) is 4.91. The molecule has 0 saturated heterocycles. The number of hydrogen-bond donors (Lipinski definition) is 0. The van der Waals surface area contributed by atoms with Gasteiger partial charge >= 0.3 is 0 Å². The Bertz CT molecular complexity index is 1330. The van der Waals surface area contributed by atoms with Gasteiger partial charge in [0, 0.05) is 30.7 Å². The summed E-state index contributed by atoms with van der Waals surface area (Å²) in [5, 5.41) is 5.71. The van der Waals surface area contributed by atoms with Crippen molar-refractivity contribution >= 4 is 17.5 Å². The fourth-order valence-electron chi connectivity index (χ4n) is 4.11. The zero-order valence-electron chi connectivity index (χ0n) is 20.1. The topological polar surface area (TPSA) is 71.4 Å². The summed E-state index contributed by atoms with van der Waals surface area (Å²) in [6.07, 6.45) is 0.223. The molecule has 1 aliphatic rings. The van der Waals surface area contributed by atoms with Crippen molar-refractivity contribution in [2.45, 2.75) is 12.5 Å². The lowest BCUT2D eigenvalue weighted by molar-refractivity contribution is -0.133. The minimum absolute atomic E-state index is 0.146. The second kappa shape index (κ2) is 10.6. The Labute approximate surface area is 207 Å². The Balaban J connectivity index is 1.66. The molecule has 0 aliphatic carbocycles. The monoisotopic (exact) mass is 493 g/mol. The molecule has 1 aliphatic heterocycles. The third-order valence-electron chi connectivity index (χ3n) is 5.97. The SMILES string of the molecule is COc1ccc(C2=NN(C(=O)CN(C)C(=O)c3ccccc3F)[C@@H](c3ccccc3F)C2)c(OC)c1. The van der Waals surface area contributed by atoms with Crippen LogP contribution in [0.2, 0.25) is 0 Å². The summed E-state index contributed by atoms with van der Waals surface area (Å²) in [7, 11) is 4.45. The number of rotatable bonds is 7. The first-order chi connectivity index (χ1) is 17.3. The van der Waals surface area contributed by atoms with Crippen molar-refractivity contribution in [1.82, 2.24) is 9.91 Å². The van der Waals surface area contributed by atoms with Crippen LogP contribution in [0.25, 0.3) is 0 Å². The number of benzene rings is 3. The molecule has 1 atom stereocenters. The van der Waals surface area contributed by atoms with E-state index in [0.717, 1.165) is 4.90 Å². The van der Waals surface area contributed by atoms with Crippen molar-refractivity contribution in [3.8, 4) is 11.5 Å². The van der Waals surface area contributed by atoms with E-state index in [1.807, 2.05) is 0 Å². The van der Waals surface area contributed by atoms with E-state index < -0.39 is 29.5 Å². The van der Waals surface area contributed by atoms with Crippen LogP contribution in [0.4, 0.5) is 8.78 Å². The van der Waals surface area contributed by atoms with Gasteiger partial charge in [-0.1, -0.05) is 30.3 Å². The van der Waals surface area contributed by atoms with Crippen molar-refractivity contribution in [3.05, 3.63) is 95.1 Å². The van der Waals surface area contributed by atoms with Gasteiger partial charge in [-0.3, -0.25) is 9.59 Å². The summed E-state index contributed by atoms with van der Waals surface area (Å²) < 4.78 is 39.6. The highest BCUT2D eigenvalue weighted by Gasteiger charge is 2.36. The Hall–Kier alpha value is -4.27. The minimum atomic E-state index is -0.738. The van der Waals surface area contributed by atoms with E-state index in [1.54, 1.807) is 42.5 Å². The van der Waals surface area contributed by atoms with Crippen molar-refractivity contribution in [2.24, 2.45) is 5.10 Å². The summed E-state index contributed by atoms with van der Waals surface area (Å²) in [6, 6.07) is 16.2. The number of hydrazone groups is 1. The molecule has 0 spiro atoms. The van der Waals surface area contributed by atoms with Gasteiger partial charge in [-0.2, -0.15) is 5.10 Å². The molecule has 1 heterocycles. The lowest BCUT2D eigenvalue weighted by Gasteiger charge is -2.25. The first kappa shape index (κ1) is 24.8. The van der Waals surface area contributed by atoms with Crippen LogP contribution in [0.5, 0.6) is 11.5 Å². The Morgan fingerprint density at radius 1 is 1.00 bits per heavy atom. The van der Waals surface area contributed by atoms with Crippen LogP contribution in [0.15, 0.2) is 71.8 Å². The van der Waals surface area contributed by atoms with Gasteiger partial charge in [-0.25, -0.2) is 13.8 Å². The second-order valence-corrected chi connectivity index (χ2v) is 8.23. The van der Waals surface area contributed by atoms with E-state index in [0.29, 0.717) is 28.3 Å². The van der Waals surface area contributed by atoms with Crippen LogP contribution in [0.3, 0.4) is 0 Å². The van der Waals surface area contributed by atoms with E-state index in [-0.39, 0.29) is 18.5 Å². The third-order valence-corrected chi connectivity index (χ3v) is 5.97. The molecule has 0 fully saturated rings. The summed E-state index contributed by atoms with van der Waals surface area (Å²) in [4.78, 5) is 27.2. The fraction of sp³-hybridized carbons (Fsp3) is 0.222. The van der Waals surface area contributed by atoms with Gasteiger partial charge in [-0.05, 0) is 30.3 Å². The molecular formula is C27H25F2N3O4. The molecule has 3 aromatic rings. The Kier molecular flexibility index (Phi) is 7.28. The highest BCUT2D eigenvalue weighted by atomic mass is 19.1. The molecule has 36 heavy (non-hydrogen) atoms. The molecule has 0 saturated carbocycles. The zero-order valence-corrected chi connectivity index (χ0v) is 20.1. The van der Waals surface area contributed by atoms with Crippen molar-refractivity contribution in [3.63, 3.8) is 0 Å². The first-order valence-corrected chi connectivity index (χ1v) is 11.2. The maximum absolute atomic E-state index is 14.8. The largest absolute Gasteiger partial charge is 0.497 e. The highest BCUT2D eigenvalue weighted by molar-refractivity contribution is 6.05. The second-order valence-electron chi connectivity index (χ2n) is 8.23. The molecule has 9 heteroatoms. The quantitative estimate of drug-likeness (QED) is 0.488. The summed E-state index contributed by atoms with van der Waals surface area (Å²) in [5.74, 6) is -1.28. The van der Waals surface area contributed by atoms with Crippen molar-refractivity contribution in [1.29, 1.82) is 0 Å². The van der Waals surface area contributed by atoms with Crippen LogP contribution in [0, 0.1) is 11.6 Å². The molecule has 0 bridgehead atoms. The van der Waals surface area contributed by atoms with Crippen LogP contribution in [-0.4, -0.2) is 55.2 Å². The van der Waals surface area contributed by atoms with Gasteiger partial charge < -0.3 is 14.4 Å². The van der Waals surface area contributed by atoms with E-state index >= 15 is 0 Å². The molecule has 0 N–H and O–H groups in total. The molecule has 186 valence electrons. The lowest BCUT2D eigenvalue weighted by atomic mass is 9.97. The maximum atomic E-state index is 14.8. The number of ether oxygens (including phenoxy) is 2. The standard InChI is InChI=1S/C27H25F2N3O4/c1-31(27(34)19-9-5-7-11-22(19)29)16-26(33)32-24(18-8-4-6-10-21(18)28)15-23(30-32)20-13-12-17(35-2)14-25(20)36-3/h4-14,24H,15-16H2,1-3H3/t24-/m1/s1. The average Bonchev–Trinajstić information content (AvgIpc) is 3.33. The number of carbonyl (C=O) groups excluding carboxylic acids is 2. The molecular weight excluding hydrogens is 468 g/mol. The predicted molar refractivity (Wildman–Crippen MR) is 130 cm³/mol. The molecule has 0 aromatic heterocycles. The molecule has 0 radical (unpaired) electrons. The predicted octanol–water partition coefficient (Wildman–Crippen LogP) is 4.43. The van der Waals surface area contributed by atoms with Crippen LogP contribution in [-0.2, 0) is 4.79 Å². The number of likely N-dealkylation sites (N-methyl/N-ethyl adjacent to an activating group) is 1. The van der Waals surface area contributed by atoms with E-state index in [4.69, 9.17) is 9.47 Å². The number of amides is 2. The molecule has 2 amide bonds. The summed E-state index contributed by atoms with van der Waals surface area (Å²) in [6.45, 7) is -0.380. The molecule has 0 unspecified atom stereocenters. The molecule has 4 rings (SSSR count). The van der Waals surface area contributed by atoms with Gasteiger partial charge in [0.05, 0.1) is 31.5 Å². The van der Waals surface area contributed by atoms with E-state index in [9.17, 15) is 18.4 Å².